The van der Waals surface area contributed by atoms with Crippen LogP contribution in [-0.4, -0.2) is 58.8 Å². The zero-order chi connectivity index (χ0) is 19.4. The summed E-state index contributed by atoms with van der Waals surface area (Å²) in [6.07, 6.45) is 4.06. The number of phenolic OH excluding ortho intramolecular Hbond substituents is 1. The third kappa shape index (κ3) is 4.78. The van der Waals surface area contributed by atoms with Gasteiger partial charge in [-0.15, -0.1) is 0 Å². The molecule has 2 heterocycles. The number of hydrogen-bond acceptors (Lipinski definition) is 4. The first kappa shape index (κ1) is 19.2. The van der Waals surface area contributed by atoms with E-state index in [4.69, 9.17) is 5.73 Å². The highest BCUT2D eigenvalue weighted by atomic mass is 16.3. The molecule has 7 nitrogen and oxygen atoms in total. The van der Waals surface area contributed by atoms with E-state index < -0.39 is 5.91 Å². The van der Waals surface area contributed by atoms with Crippen LogP contribution >= 0.6 is 0 Å². The number of rotatable bonds is 5. The summed E-state index contributed by atoms with van der Waals surface area (Å²) in [5.41, 5.74) is 6.28. The van der Waals surface area contributed by atoms with Crippen LogP contribution in [-0.2, 0) is 20.8 Å². The molecular weight excluding hydrogens is 346 g/mol. The number of primary amides is 1. The Labute approximate surface area is 159 Å². The Balaban J connectivity index is 1.50. The fourth-order valence-corrected chi connectivity index (χ4v) is 4.15. The number of phenols is 1. The third-order valence-electron chi connectivity index (χ3n) is 5.84. The van der Waals surface area contributed by atoms with Gasteiger partial charge in [0.2, 0.25) is 17.7 Å². The smallest absolute Gasteiger partial charge is 0.237 e. The van der Waals surface area contributed by atoms with E-state index in [2.05, 4.69) is 0 Å². The summed E-state index contributed by atoms with van der Waals surface area (Å²) >= 11 is 0. The van der Waals surface area contributed by atoms with E-state index in [0.717, 1.165) is 24.8 Å². The first-order valence-electron chi connectivity index (χ1n) is 9.49. The van der Waals surface area contributed by atoms with Crippen molar-refractivity contribution in [1.82, 2.24) is 9.80 Å². The zero-order valence-corrected chi connectivity index (χ0v) is 15.5. The fraction of sp³-hybridized carbons (Fsp3) is 0.550. The molecule has 1 aromatic rings. The summed E-state index contributed by atoms with van der Waals surface area (Å²) in [5, 5.41) is 9.32. The van der Waals surface area contributed by atoms with Gasteiger partial charge in [-0.05, 0) is 48.8 Å². The summed E-state index contributed by atoms with van der Waals surface area (Å²) in [7, 11) is 0. The molecular formula is C20H27N3O4. The molecule has 0 unspecified atom stereocenters. The lowest BCUT2D eigenvalue weighted by Crippen LogP contribution is -2.53. The summed E-state index contributed by atoms with van der Waals surface area (Å²) < 4.78 is 0. The first-order chi connectivity index (χ1) is 12.9. The number of nitrogens with zero attached hydrogens (tertiary/aromatic N) is 2. The number of carbonyl (C=O) groups excluding carboxylic acids is 3. The van der Waals surface area contributed by atoms with Crippen molar-refractivity contribution in [3.63, 3.8) is 0 Å². The van der Waals surface area contributed by atoms with Crippen molar-refractivity contribution >= 4 is 17.7 Å². The summed E-state index contributed by atoms with van der Waals surface area (Å²) in [6.45, 7) is 1.92. The van der Waals surface area contributed by atoms with Crippen LogP contribution in [0.4, 0.5) is 0 Å². The maximum absolute atomic E-state index is 12.5. The molecule has 0 radical (unpaired) electrons. The second-order valence-corrected chi connectivity index (χ2v) is 7.76. The first-order valence-corrected chi connectivity index (χ1v) is 9.49. The lowest BCUT2D eigenvalue weighted by molar-refractivity contribution is -0.144. The standard InChI is InChI=1S/C20H27N3O4/c21-17(25)13-23-14-20(8-7-19(23)27)9-11-22(12-10-20)18(26)6-3-15-1-4-16(24)5-2-15/h1-2,4-5,24H,3,6-14H2,(H2,21,25). The molecule has 3 N–H and O–H groups in total. The lowest BCUT2D eigenvalue weighted by atomic mass is 9.72. The van der Waals surface area contributed by atoms with Crippen molar-refractivity contribution in [1.29, 1.82) is 0 Å². The van der Waals surface area contributed by atoms with Gasteiger partial charge in [-0.2, -0.15) is 0 Å². The lowest BCUT2D eigenvalue weighted by Gasteiger charge is -2.47. The van der Waals surface area contributed by atoms with E-state index in [1.165, 1.54) is 0 Å². The number of aromatic hydroxyl groups is 1. The van der Waals surface area contributed by atoms with Crippen molar-refractivity contribution in [2.45, 2.75) is 38.5 Å². The Kier molecular flexibility index (Phi) is 5.68. The van der Waals surface area contributed by atoms with E-state index >= 15 is 0 Å². The minimum Gasteiger partial charge on any atom is -0.508 e. The molecule has 0 atom stereocenters. The molecule has 2 saturated heterocycles. The molecule has 146 valence electrons. The highest BCUT2D eigenvalue weighted by molar-refractivity contribution is 5.84. The van der Waals surface area contributed by atoms with Crippen molar-refractivity contribution in [2.75, 3.05) is 26.2 Å². The molecule has 2 aliphatic rings. The number of piperidine rings is 2. The number of benzene rings is 1. The van der Waals surface area contributed by atoms with Crippen LogP contribution in [0.3, 0.4) is 0 Å². The van der Waals surface area contributed by atoms with Gasteiger partial charge in [0.05, 0.1) is 6.54 Å². The second kappa shape index (κ2) is 7.98. The van der Waals surface area contributed by atoms with Gasteiger partial charge in [0.15, 0.2) is 0 Å². The van der Waals surface area contributed by atoms with Gasteiger partial charge < -0.3 is 20.6 Å². The van der Waals surface area contributed by atoms with Gasteiger partial charge in [0.25, 0.3) is 0 Å². The third-order valence-corrected chi connectivity index (χ3v) is 5.84. The molecule has 0 aromatic heterocycles. The van der Waals surface area contributed by atoms with Gasteiger partial charge in [0.1, 0.15) is 5.75 Å². The maximum atomic E-state index is 12.5. The largest absolute Gasteiger partial charge is 0.508 e. The van der Waals surface area contributed by atoms with Gasteiger partial charge in [-0.1, -0.05) is 12.1 Å². The van der Waals surface area contributed by atoms with Crippen LogP contribution in [0.1, 0.15) is 37.7 Å². The van der Waals surface area contributed by atoms with E-state index in [1.54, 1.807) is 17.0 Å². The predicted octanol–water partition coefficient (Wildman–Crippen LogP) is 1.04. The average Bonchev–Trinajstić information content (AvgIpc) is 2.64. The Hall–Kier alpha value is -2.57. The van der Waals surface area contributed by atoms with E-state index in [-0.39, 0.29) is 29.5 Å². The zero-order valence-electron chi connectivity index (χ0n) is 15.5. The van der Waals surface area contributed by atoms with Gasteiger partial charge in [-0.3, -0.25) is 14.4 Å². The quantitative estimate of drug-likeness (QED) is 0.805. The normalized spacial score (nSPS) is 19.3. The number of carbonyl (C=O) groups is 3. The minimum absolute atomic E-state index is 0.00288. The van der Waals surface area contributed by atoms with Crippen LogP contribution < -0.4 is 5.73 Å². The van der Waals surface area contributed by atoms with Crippen molar-refractivity contribution in [3.8, 4) is 5.75 Å². The molecule has 3 amide bonds. The Morgan fingerprint density at radius 1 is 1.11 bits per heavy atom. The van der Waals surface area contributed by atoms with Gasteiger partial charge in [0, 0.05) is 32.5 Å². The SMILES string of the molecule is NC(=O)CN1CC2(CCC1=O)CCN(C(=O)CCc1ccc(O)cc1)CC2. The highest BCUT2D eigenvalue weighted by Crippen LogP contribution is 2.40. The fourth-order valence-electron chi connectivity index (χ4n) is 4.15. The van der Waals surface area contributed by atoms with Crippen LogP contribution in [0.25, 0.3) is 0 Å². The van der Waals surface area contributed by atoms with Crippen molar-refractivity contribution < 1.29 is 19.5 Å². The van der Waals surface area contributed by atoms with Gasteiger partial charge in [-0.25, -0.2) is 0 Å². The van der Waals surface area contributed by atoms with Crippen molar-refractivity contribution in [3.05, 3.63) is 29.8 Å². The Morgan fingerprint density at radius 3 is 2.41 bits per heavy atom. The minimum atomic E-state index is -0.484. The number of nitrogens with two attached hydrogens (primary N) is 1. The van der Waals surface area contributed by atoms with E-state index in [9.17, 15) is 19.5 Å². The van der Waals surface area contributed by atoms with E-state index in [0.29, 0.717) is 38.9 Å². The number of aryl methyl sites for hydroxylation is 1. The summed E-state index contributed by atoms with van der Waals surface area (Å²) in [6, 6.07) is 6.93. The topological polar surface area (TPSA) is 104 Å². The summed E-state index contributed by atoms with van der Waals surface area (Å²) in [4.78, 5) is 39.2. The molecule has 2 aliphatic heterocycles. The maximum Gasteiger partial charge on any atom is 0.237 e. The number of amides is 3. The Morgan fingerprint density at radius 2 is 1.78 bits per heavy atom. The number of likely N-dealkylation sites (tertiary alicyclic amines) is 2. The molecule has 27 heavy (non-hydrogen) atoms. The van der Waals surface area contributed by atoms with Crippen LogP contribution in [0.15, 0.2) is 24.3 Å². The predicted molar refractivity (Wildman–Crippen MR) is 99.7 cm³/mol. The Bertz CT molecular complexity index is 708. The molecule has 7 heteroatoms. The van der Waals surface area contributed by atoms with Crippen LogP contribution in [0.2, 0.25) is 0 Å². The van der Waals surface area contributed by atoms with Crippen LogP contribution in [0, 0.1) is 5.41 Å². The summed E-state index contributed by atoms with van der Waals surface area (Å²) in [5.74, 6) is -0.129. The molecule has 0 bridgehead atoms. The molecule has 2 fully saturated rings. The molecule has 0 aliphatic carbocycles. The molecule has 3 rings (SSSR count). The van der Waals surface area contributed by atoms with Crippen molar-refractivity contribution in [2.24, 2.45) is 11.1 Å². The molecule has 1 aromatic carbocycles. The average molecular weight is 373 g/mol. The second-order valence-electron chi connectivity index (χ2n) is 7.76. The molecule has 0 saturated carbocycles. The monoisotopic (exact) mass is 373 g/mol. The number of hydrogen-bond donors (Lipinski definition) is 2. The van der Waals surface area contributed by atoms with E-state index in [1.807, 2.05) is 17.0 Å². The van der Waals surface area contributed by atoms with Gasteiger partial charge >= 0.3 is 0 Å². The highest BCUT2D eigenvalue weighted by Gasteiger charge is 2.41. The van der Waals surface area contributed by atoms with Crippen LogP contribution in [0.5, 0.6) is 5.75 Å². The molecule has 1 spiro atoms.